The first-order valence-electron chi connectivity index (χ1n) is 8.43. The van der Waals surface area contributed by atoms with Gasteiger partial charge >= 0.3 is 6.03 Å². The zero-order chi connectivity index (χ0) is 17.8. The molecule has 1 fully saturated rings. The second-order valence-electron chi connectivity index (χ2n) is 6.25. The smallest absolute Gasteiger partial charge is 0.326 e. The van der Waals surface area contributed by atoms with Gasteiger partial charge in [-0.25, -0.2) is 4.79 Å². The van der Waals surface area contributed by atoms with Crippen molar-refractivity contribution in [2.24, 2.45) is 0 Å². The molecule has 2 heterocycles. The highest BCUT2D eigenvalue weighted by atomic mass is 16.2. The van der Waals surface area contributed by atoms with Gasteiger partial charge in [0.05, 0.1) is 0 Å². The van der Waals surface area contributed by atoms with Crippen molar-refractivity contribution >= 4 is 28.7 Å². The number of imide groups is 1. The Hall–Kier alpha value is -2.83. The van der Waals surface area contributed by atoms with E-state index in [4.69, 9.17) is 0 Å². The largest absolute Gasteiger partial charge is 0.361 e. The van der Waals surface area contributed by atoms with E-state index in [-0.39, 0.29) is 30.9 Å². The van der Waals surface area contributed by atoms with Crippen LogP contribution in [0.5, 0.6) is 0 Å². The van der Waals surface area contributed by atoms with Crippen LogP contribution >= 0.6 is 0 Å². The summed E-state index contributed by atoms with van der Waals surface area (Å²) >= 11 is 0. The molecule has 1 aliphatic heterocycles. The molecule has 7 nitrogen and oxygen atoms in total. The van der Waals surface area contributed by atoms with E-state index in [9.17, 15) is 14.4 Å². The summed E-state index contributed by atoms with van der Waals surface area (Å²) in [5.41, 5.74) is 2.26. The number of rotatable bonds is 7. The van der Waals surface area contributed by atoms with Crippen LogP contribution < -0.4 is 5.32 Å². The number of aromatic amines is 1. The fourth-order valence-electron chi connectivity index (χ4n) is 3.05. The quantitative estimate of drug-likeness (QED) is 0.748. The van der Waals surface area contributed by atoms with Gasteiger partial charge < -0.3 is 15.2 Å². The molecular formula is C18H22N4O3. The lowest BCUT2D eigenvalue weighted by Crippen LogP contribution is -2.33. The Morgan fingerprint density at radius 1 is 1.28 bits per heavy atom. The number of urea groups is 1. The Morgan fingerprint density at radius 3 is 2.84 bits per heavy atom. The molecule has 0 saturated carbocycles. The molecule has 1 aromatic carbocycles. The van der Waals surface area contributed by atoms with Gasteiger partial charge in [0, 0.05) is 43.7 Å². The summed E-state index contributed by atoms with van der Waals surface area (Å²) in [6, 6.07) is 7.78. The summed E-state index contributed by atoms with van der Waals surface area (Å²) < 4.78 is 0. The van der Waals surface area contributed by atoms with Crippen LogP contribution in [0.15, 0.2) is 30.5 Å². The minimum absolute atomic E-state index is 0.0627. The van der Waals surface area contributed by atoms with E-state index < -0.39 is 0 Å². The summed E-state index contributed by atoms with van der Waals surface area (Å²) in [6.07, 6.45) is 3.50. The molecule has 25 heavy (non-hydrogen) atoms. The van der Waals surface area contributed by atoms with Gasteiger partial charge in [-0.2, -0.15) is 0 Å². The zero-order valence-electron chi connectivity index (χ0n) is 14.2. The van der Waals surface area contributed by atoms with Crippen LogP contribution in [0.2, 0.25) is 0 Å². The number of fused-ring (bicyclic) bond motifs is 1. The molecule has 2 aromatic rings. The number of hydrogen-bond acceptors (Lipinski definition) is 3. The van der Waals surface area contributed by atoms with Crippen LogP contribution in [0.1, 0.15) is 18.4 Å². The number of amides is 4. The Labute approximate surface area is 146 Å². The summed E-state index contributed by atoms with van der Waals surface area (Å²) in [4.78, 5) is 41.1. The number of nitrogens with one attached hydrogen (secondary N) is 2. The maximum absolute atomic E-state index is 11.9. The van der Waals surface area contributed by atoms with Crippen molar-refractivity contribution in [2.45, 2.75) is 19.3 Å². The van der Waals surface area contributed by atoms with Gasteiger partial charge in [0.2, 0.25) is 11.8 Å². The van der Waals surface area contributed by atoms with Crippen LogP contribution in [0.4, 0.5) is 4.79 Å². The van der Waals surface area contributed by atoms with Gasteiger partial charge in [-0.15, -0.1) is 0 Å². The van der Waals surface area contributed by atoms with E-state index in [0.29, 0.717) is 19.4 Å². The average Bonchev–Trinajstić information content (AvgIpc) is 3.11. The Morgan fingerprint density at radius 2 is 2.08 bits per heavy atom. The second-order valence-corrected chi connectivity index (χ2v) is 6.25. The number of hydrogen-bond donors (Lipinski definition) is 2. The Kier molecular flexibility index (Phi) is 5.02. The molecule has 132 valence electrons. The number of carbonyl (C=O) groups is 3. The van der Waals surface area contributed by atoms with Gasteiger partial charge in [0.1, 0.15) is 6.54 Å². The number of carbonyl (C=O) groups excluding carboxylic acids is 3. The topological polar surface area (TPSA) is 85.5 Å². The van der Waals surface area contributed by atoms with Crippen molar-refractivity contribution in [1.29, 1.82) is 0 Å². The van der Waals surface area contributed by atoms with Crippen molar-refractivity contribution < 1.29 is 14.4 Å². The molecule has 0 radical (unpaired) electrons. The Bertz CT molecular complexity index is 798. The maximum atomic E-state index is 11.9. The monoisotopic (exact) mass is 342 g/mol. The zero-order valence-corrected chi connectivity index (χ0v) is 14.2. The molecule has 1 aromatic heterocycles. The lowest BCUT2D eigenvalue weighted by atomic mass is 10.1. The highest BCUT2D eigenvalue weighted by molar-refractivity contribution is 6.01. The molecule has 0 unspecified atom stereocenters. The van der Waals surface area contributed by atoms with Crippen molar-refractivity contribution in [1.82, 2.24) is 20.1 Å². The summed E-state index contributed by atoms with van der Waals surface area (Å²) in [5, 5.41) is 4.06. The van der Waals surface area contributed by atoms with E-state index in [0.717, 1.165) is 11.9 Å². The van der Waals surface area contributed by atoms with E-state index in [1.807, 2.05) is 24.4 Å². The van der Waals surface area contributed by atoms with Gasteiger partial charge in [0.15, 0.2) is 0 Å². The summed E-state index contributed by atoms with van der Waals surface area (Å²) in [6.45, 7) is 0.971. The standard InChI is InChI=1S/C18H22N4O3/c1-21-12-17(24)22(18(21)25)10-4-7-16(23)19-9-8-13-11-20-15-6-3-2-5-14(13)15/h2-3,5-6,11,20H,4,7-10,12H2,1H3,(H,19,23). The number of aromatic nitrogens is 1. The summed E-state index contributed by atoms with van der Waals surface area (Å²) in [5.74, 6) is -0.264. The fraction of sp³-hybridized carbons (Fsp3) is 0.389. The van der Waals surface area contributed by atoms with Crippen molar-refractivity contribution in [3.63, 3.8) is 0 Å². The molecule has 1 saturated heterocycles. The van der Waals surface area contributed by atoms with Gasteiger partial charge in [0.25, 0.3) is 0 Å². The van der Waals surface area contributed by atoms with E-state index in [1.54, 1.807) is 7.05 Å². The number of nitrogens with zero attached hydrogens (tertiary/aromatic N) is 2. The normalized spacial score (nSPS) is 14.6. The van der Waals surface area contributed by atoms with Crippen LogP contribution in [-0.4, -0.2) is 59.3 Å². The lowest BCUT2D eigenvalue weighted by molar-refractivity contribution is -0.126. The van der Waals surface area contributed by atoms with Crippen molar-refractivity contribution in [2.75, 3.05) is 26.7 Å². The number of benzene rings is 1. The van der Waals surface area contributed by atoms with E-state index in [1.165, 1.54) is 20.7 Å². The minimum atomic E-state index is -0.287. The van der Waals surface area contributed by atoms with Crippen molar-refractivity contribution in [3.8, 4) is 0 Å². The second kappa shape index (κ2) is 7.38. The van der Waals surface area contributed by atoms with Crippen LogP contribution in [-0.2, 0) is 16.0 Å². The summed E-state index contributed by atoms with van der Waals surface area (Å²) in [7, 11) is 1.59. The molecule has 0 spiro atoms. The molecule has 1 aliphatic rings. The van der Waals surface area contributed by atoms with Crippen LogP contribution in [0.25, 0.3) is 10.9 Å². The van der Waals surface area contributed by atoms with E-state index >= 15 is 0 Å². The average molecular weight is 342 g/mol. The lowest BCUT2D eigenvalue weighted by Gasteiger charge is -2.13. The molecule has 4 amide bonds. The SMILES string of the molecule is CN1CC(=O)N(CCCC(=O)NCCc2c[nH]c3ccccc23)C1=O. The van der Waals surface area contributed by atoms with Gasteiger partial charge in [-0.1, -0.05) is 18.2 Å². The third-order valence-corrected chi connectivity index (χ3v) is 4.41. The minimum Gasteiger partial charge on any atom is -0.361 e. The predicted molar refractivity (Wildman–Crippen MR) is 94.0 cm³/mol. The highest BCUT2D eigenvalue weighted by Gasteiger charge is 2.32. The van der Waals surface area contributed by atoms with Crippen LogP contribution in [0.3, 0.4) is 0 Å². The predicted octanol–water partition coefficient (Wildman–Crippen LogP) is 1.50. The fourth-order valence-corrected chi connectivity index (χ4v) is 3.05. The molecule has 7 heteroatoms. The third kappa shape index (κ3) is 3.81. The number of para-hydroxylation sites is 1. The third-order valence-electron chi connectivity index (χ3n) is 4.41. The maximum Gasteiger partial charge on any atom is 0.326 e. The molecule has 0 atom stereocenters. The van der Waals surface area contributed by atoms with Gasteiger partial charge in [-0.3, -0.25) is 14.5 Å². The first kappa shape index (κ1) is 17.0. The molecule has 0 aliphatic carbocycles. The first-order chi connectivity index (χ1) is 12.1. The van der Waals surface area contributed by atoms with Gasteiger partial charge in [-0.05, 0) is 24.5 Å². The van der Waals surface area contributed by atoms with Crippen molar-refractivity contribution in [3.05, 3.63) is 36.0 Å². The van der Waals surface area contributed by atoms with E-state index in [2.05, 4.69) is 16.4 Å². The molecule has 2 N–H and O–H groups in total. The van der Waals surface area contributed by atoms with Crippen LogP contribution in [0, 0.1) is 0 Å². The number of H-pyrrole nitrogens is 1. The number of likely N-dealkylation sites (N-methyl/N-ethyl adjacent to an activating group) is 1. The first-order valence-corrected chi connectivity index (χ1v) is 8.43. The molecule has 0 bridgehead atoms. The molecule has 3 rings (SSSR count). The highest BCUT2D eigenvalue weighted by Crippen LogP contribution is 2.17. The molecular weight excluding hydrogens is 320 g/mol. The Balaban J connectivity index is 1.39.